The Hall–Kier alpha value is -2.22. The second-order valence-electron chi connectivity index (χ2n) is 5.22. The number of anilines is 1. The molecule has 1 aromatic carbocycles. The van der Waals surface area contributed by atoms with Crippen LogP contribution in [-0.4, -0.2) is 45.3 Å². The molecule has 1 aromatic rings. The number of aryl methyl sites for hydroxylation is 1. The Labute approximate surface area is 132 Å². The van der Waals surface area contributed by atoms with Crippen LogP contribution in [0.15, 0.2) is 12.1 Å². The monoisotopic (exact) mass is 327 g/mol. The lowest BCUT2D eigenvalue weighted by Crippen LogP contribution is -2.46. The van der Waals surface area contributed by atoms with E-state index < -0.39 is 23.6 Å². The first-order valence-corrected chi connectivity index (χ1v) is 7.30. The lowest BCUT2D eigenvalue weighted by molar-refractivity contribution is -0.118. The van der Waals surface area contributed by atoms with Crippen molar-refractivity contribution in [2.24, 2.45) is 0 Å². The average Bonchev–Trinajstić information content (AvgIpc) is 2.46. The van der Waals surface area contributed by atoms with Crippen molar-refractivity contribution in [3.05, 3.63) is 29.3 Å². The molecule has 2 rings (SSSR count). The summed E-state index contributed by atoms with van der Waals surface area (Å²) in [4.78, 5) is 24.9. The van der Waals surface area contributed by atoms with Crippen LogP contribution in [0.5, 0.6) is 0 Å². The third-order valence-electron chi connectivity index (χ3n) is 3.48. The van der Waals surface area contributed by atoms with E-state index >= 15 is 0 Å². The minimum atomic E-state index is -0.697. The Balaban J connectivity index is 1.97. The first-order valence-electron chi connectivity index (χ1n) is 7.30. The van der Waals surface area contributed by atoms with Gasteiger partial charge < -0.3 is 15.0 Å². The number of nitrogens with zero attached hydrogens (tertiary/aromatic N) is 1. The second kappa shape index (κ2) is 7.87. The molecule has 126 valence electrons. The molecule has 6 nitrogen and oxygen atoms in total. The molecule has 8 heteroatoms. The molecule has 1 heterocycles. The number of nitrogens with one attached hydrogen (secondary N) is 2. The Kier molecular flexibility index (Phi) is 5.86. The van der Waals surface area contributed by atoms with Gasteiger partial charge in [0.25, 0.3) is 0 Å². The van der Waals surface area contributed by atoms with E-state index in [1.54, 1.807) is 0 Å². The molecule has 0 radical (unpaired) electrons. The molecule has 0 fully saturated rings. The van der Waals surface area contributed by atoms with E-state index in [0.717, 1.165) is 6.07 Å². The number of halogens is 2. The van der Waals surface area contributed by atoms with Crippen LogP contribution in [0.3, 0.4) is 0 Å². The van der Waals surface area contributed by atoms with Gasteiger partial charge in [0.2, 0.25) is 5.91 Å². The van der Waals surface area contributed by atoms with Gasteiger partial charge in [0.15, 0.2) is 0 Å². The molecule has 0 unspecified atom stereocenters. The highest BCUT2D eigenvalue weighted by Crippen LogP contribution is 2.30. The van der Waals surface area contributed by atoms with Gasteiger partial charge in [0.05, 0.1) is 18.8 Å². The minimum absolute atomic E-state index is 0.173. The number of rotatable bonds is 5. The van der Waals surface area contributed by atoms with Crippen LogP contribution in [0.2, 0.25) is 0 Å². The van der Waals surface area contributed by atoms with Crippen molar-refractivity contribution in [3.63, 3.8) is 0 Å². The van der Waals surface area contributed by atoms with E-state index in [9.17, 15) is 18.4 Å². The number of methoxy groups -OCH3 is 1. The molecule has 0 aromatic heterocycles. The normalized spacial score (nSPS) is 13.4. The van der Waals surface area contributed by atoms with Crippen LogP contribution in [0.1, 0.15) is 12.0 Å². The van der Waals surface area contributed by atoms with Crippen molar-refractivity contribution in [1.29, 1.82) is 0 Å². The van der Waals surface area contributed by atoms with Crippen molar-refractivity contribution < 1.29 is 23.1 Å². The molecule has 2 N–H and O–H groups in total. The second-order valence-corrected chi connectivity index (χ2v) is 5.22. The van der Waals surface area contributed by atoms with E-state index in [-0.39, 0.29) is 18.8 Å². The zero-order valence-electron chi connectivity index (χ0n) is 12.8. The fourth-order valence-electron chi connectivity index (χ4n) is 2.54. The van der Waals surface area contributed by atoms with Gasteiger partial charge in [0, 0.05) is 26.3 Å². The Morgan fingerprint density at radius 3 is 2.87 bits per heavy atom. The molecule has 0 bridgehead atoms. The smallest absolute Gasteiger partial charge is 0.321 e. The van der Waals surface area contributed by atoms with Crippen LogP contribution >= 0.6 is 0 Å². The molecule has 0 atom stereocenters. The van der Waals surface area contributed by atoms with Gasteiger partial charge in [-0.3, -0.25) is 10.1 Å². The van der Waals surface area contributed by atoms with Crippen LogP contribution < -0.4 is 15.5 Å². The molecule has 0 spiro atoms. The number of hydrogen-bond donors (Lipinski definition) is 2. The molecule has 3 amide bonds. The number of benzene rings is 1. The predicted octanol–water partition coefficient (Wildman–Crippen LogP) is 1.19. The summed E-state index contributed by atoms with van der Waals surface area (Å²) in [7, 11) is 1.50. The number of amides is 3. The maximum absolute atomic E-state index is 14.0. The number of carbonyl (C=O) groups is 2. The Morgan fingerprint density at radius 1 is 1.35 bits per heavy atom. The summed E-state index contributed by atoms with van der Waals surface area (Å²) in [6.45, 7) is 0.898. The van der Waals surface area contributed by atoms with Crippen molar-refractivity contribution in [2.45, 2.75) is 12.8 Å². The lowest BCUT2D eigenvalue weighted by Gasteiger charge is -2.31. The predicted molar refractivity (Wildman–Crippen MR) is 80.3 cm³/mol. The van der Waals surface area contributed by atoms with E-state index in [4.69, 9.17) is 4.74 Å². The van der Waals surface area contributed by atoms with E-state index in [1.807, 2.05) is 0 Å². The van der Waals surface area contributed by atoms with Crippen LogP contribution in [0, 0.1) is 11.6 Å². The van der Waals surface area contributed by atoms with Gasteiger partial charge in [-0.25, -0.2) is 13.6 Å². The molecular weight excluding hydrogens is 308 g/mol. The number of imide groups is 1. The van der Waals surface area contributed by atoms with Gasteiger partial charge in [-0.05, 0) is 24.5 Å². The van der Waals surface area contributed by atoms with E-state index in [2.05, 4.69) is 10.6 Å². The minimum Gasteiger partial charge on any atom is -0.383 e. The van der Waals surface area contributed by atoms with Gasteiger partial charge in [-0.2, -0.15) is 0 Å². The Morgan fingerprint density at radius 2 is 2.13 bits per heavy atom. The lowest BCUT2D eigenvalue weighted by atomic mass is 10.0. The SMILES string of the molecule is COCCNC(=O)NC(=O)CN1CCCc2cc(F)cc(F)c21. The number of ether oxygens (including phenoxy) is 1. The van der Waals surface area contributed by atoms with E-state index in [1.165, 1.54) is 18.1 Å². The largest absolute Gasteiger partial charge is 0.383 e. The van der Waals surface area contributed by atoms with Crippen LogP contribution in [-0.2, 0) is 16.0 Å². The Bertz CT molecular complexity index is 596. The summed E-state index contributed by atoms with van der Waals surface area (Å²) in [5, 5.41) is 4.62. The molecule has 1 aliphatic heterocycles. The van der Waals surface area contributed by atoms with Crippen molar-refractivity contribution in [1.82, 2.24) is 10.6 Å². The van der Waals surface area contributed by atoms with Gasteiger partial charge in [-0.1, -0.05) is 0 Å². The van der Waals surface area contributed by atoms with Crippen molar-refractivity contribution in [2.75, 3.05) is 38.3 Å². The van der Waals surface area contributed by atoms with Gasteiger partial charge >= 0.3 is 6.03 Å². The highest BCUT2D eigenvalue weighted by Gasteiger charge is 2.24. The topological polar surface area (TPSA) is 70.7 Å². The molecule has 23 heavy (non-hydrogen) atoms. The first kappa shape index (κ1) is 17.1. The fourth-order valence-corrected chi connectivity index (χ4v) is 2.54. The summed E-state index contributed by atoms with van der Waals surface area (Å²) in [6.07, 6.45) is 1.24. The summed E-state index contributed by atoms with van der Waals surface area (Å²) >= 11 is 0. The summed E-state index contributed by atoms with van der Waals surface area (Å²) in [6, 6.07) is 1.44. The third kappa shape index (κ3) is 4.62. The standard InChI is InChI=1S/C15H19F2N3O3/c1-23-6-4-18-15(22)19-13(21)9-20-5-2-3-10-7-11(16)8-12(17)14(10)20/h7-8H,2-6,9H2,1H3,(H2,18,19,21,22). The molecule has 1 aliphatic rings. The summed E-state index contributed by atoms with van der Waals surface area (Å²) in [5.74, 6) is -1.89. The number of fused-ring (bicyclic) bond motifs is 1. The van der Waals surface area contributed by atoms with Crippen LogP contribution in [0.25, 0.3) is 0 Å². The first-order chi connectivity index (χ1) is 11.0. The van der Waals surface area contributed by atoms with Crippen molar-refractivity contribution in [3.8, 4) is 0 Å². The van der Waals surface area contributed by atoms with Crippen molar-refractivity contribution >= 4 is 17.6 Å². The maximum atomic E-state index is 14.0. The number of urea groups is 1. The molecule has 0 saturated heterocycles. The quantitative estimate of drug-likeness (QED) is 0.797. The maximum Gasteiger partial charge on any atom is 0.321 e. The summed E-state index contributed by atoms with van der Waals surface area (Å²) in [5.41, 5.74) is 0.763. The zero-order chi connectivity index (χ0) is 16.8. The molecule has 0 saturated carbocycles. The molecule has 0 aliphatic carbocycles. The van der Waals surface area contributed by atoms with Gasteiger partial charge in [-0.15, -0.1) is 0 Å². The summed E-state index contributed by atoms with van der Waals surface area (Å²) < 4.78 is 32.0. The fraction of sp³-hybridized carbons (Fsp3) is 0.467. The van der Waals surface area contributed by atoms with E-state index in [0.29, 0.717) is 31.6 Å². The number of hydrogen-bond acceptors (Lipinski definition) is 4. The number of carbonyl (C=O) groups excluding carboxylic acids is 2. The zero-order valence-corrected chi connectivity index (χ0v) is 12.8. The molecular formula is C15H19F2N3O3. The average molecular weight is 327 g/mol. The van der Waals surface area contributed by atoms with Crippen LogP contribution in [0.4, 0.5) is 19.3 Å². The third-order valence-corrected chi connectivity index (χ3v) is 3.48. The highest BCUT2D eigenvalue weighted by molar-refractivity contribution is 5.96. The van der Waals surface area contributed by atoms with Gasteiger partial charge in [0.1, 0.15) is 11.6 Å². The highest BCUT2D eigenvalue weighted by atomic mass is 19.1.